The van der Waals surface area contributed by atoms with E-state index < -0.39 is 29.9 Å². The Hall–Kier alpha value is -2.86. The van der Waals surface area contributed by atoms with Gasteiger partial charge in [-0.25, -0.2) is 0 Å². The van der Waals surface area contributed by atoms with E-state index in [4.69, 9.17) is 9.47 Å². The Morgan fingerprint density at radius 2 is 1.60 bits per heavy atom. The van der Waals surface area contributed by atoms with Gasteiger partial charge in [0.15, 0.2) is 0 Å². The molecule has 0 amide bonds. The molecule has 3 rings (SSSR count). The number of rotatable bonds is 13. The van der Waals surface area contributed by atoms with E-state index in [-0.39, 0.29) is 6.61 Å². The Labute approximate surface area is 209 Å². The number of nitrogens with zero attached hydrogens (tertiary/aromatic N) is 1. The topological polar surface area (TPSA) is 76.1 Å². The minimum Gasteiger partial charge on any atom is -0.489 e. The van der Waals surface area contributed by atoms with Crippen molar-refractivity contribution in [2.24, 2.45) is 11.8 Å². The van der Waals surface area contributed by atoms with Gasteiger partial charge < -0.3 is 19.5 Å². The lowest BCUT2D eigenvalue weighted by atomic mass is 9.79. The van der Waals surface area contributed by atoms with Crippen LogP contribution in [0.5, 0.6) is 5.75 Å². The summed E-state index contributed by atoms with van der Waals surface area (Å²) in [5, 5.41) is 9.59. The summed E-state index contributed by atoms with van der Waals surface area (Å²) >= 11 is 0. The fourth-order valence-electron chi connectivity index (χ4n) is 4.81. The predicted molar refractivity (Wildman–Crippen MR) is 137 cm³/mol. The number of aliphatic carboxylic acids is 1. The second-order valence-corrected chi connectivity index (χ2v) is 9.28. The summed E-state index contributed by atoms with van der Waals surface area (Å²) in [6.07, 6.45) is 4.08. The smallest absolute Gasteiger partial charge is 0.310 e. The van der Waals surface area contributed by atoms with Crippen molar-refractivity contribution in [2.75, 3.05) is 26.2 Å². The molecule has 1 saturated carbocycles. The van der Waals surface area contributed by atoms with Crippen LogP contribution in [-0.2, 0) is 27.2 Å². The molecule has 6 nitrogen and oxygen atoms in total. The Kier molecular flexibility index (Phi) is 10.6. The number of benzene rings is 2. The first kappa shape index (κ1) is 26.7. The first-order valence-corrected chi connectivity index (χ1v) is 12.9. The molecule has 0 saturated heterocycles. The number of hydrogen-bond donors (Lipinski definition) is 1. The number of carboxylic acid groups (broad SMARTS) is 1. The quantitative estimate of drug-likeness (QED) is 0.406. The van der Waals surface area contributed by atoms with Gasteiger partial charge in [0.05, 0.1) is 11.8 Å². The number of carboxylic acids is 1. The van der Waals surface area contributed by atoms with Crippen molar-refractivity contribution in [3.05, 3.63) is 65.7 Å². The van der Waals surface area contributed by atoms with Crippen LogP contribution < -0.4 is 4.74 Å². The molecule has 0 aromatic heterocycles. The Morgan fingerprint density at radius 1 is 0.943 bits per heavy atom. The van der Waals surface area contributed by atoms with Crippen molar-refractivity contribution >= 4 is 11.9 Å². The van der Waals surface area contributed by atoms with Crippen molar-refractivity contribution in [2.45, 2.75) is 58.5 Å². The molecule has 1 fully saturated rings. The van der Waals surface area contributed by atoms with E-state index >= 15 is 0 Å². The lowest BCUT2D eigenvalue weighted by molar-refractivity contribution is -0.165. The third-order valence-corrected chi connectivity index (χ3v) is 6.95. The lowest BCUT2D eigenvalue weighted by Crippen LogP contribution is -2.42. The molecule has 1 aliphatic rings. The molecule has 6 heteroatoms. The summed E-state index contributed by atoms with van der Waals surface area (Å²) < 4.78 is 12.1. The van der Waals surface area contributed by atoms with Gasteiger partial charge in [-0.15, -0.1) is 0 Å². The highest BCUT2D eigenvalue weighted by Gasteiger charge is 2.38. The first-order chi connectivity index (χ1) is 17.0. The Morgan fingerprint density at radius 3 is 2.29 bits per heavy atom. The Bertz CT molecular complexity index is 928. The van der Waals surface area contributed by atoms with Gasteiger partial charge in [-0.05, 0) is 56.0 Å². The summed E-state index contributed by atoms with van der Waals surface area (Å²) in [7, 11) is 0. The van der Waals surface area contributed by atoms with Gasteiger partial charge >= 0.3 is 11.9 Å². The third kappa shape index (κ3) is 8.10. The molecular weight excluding hydrogens is 442 g/mol. The SMILES string of the molecule is CCN(CC)CC(COc1ccccc1CCc1ccccc1)OC(=O)C1CCCCC1C(=O)O. The number of hydrogen-bond acceptors (Lipinski definition) is 5. The zero-order valence-electron chi connectivity index (χ0n) is 21.0. The normalized spacial score (nSPS) is 18.7. The van der Waals surface area contributed by atoms with Crippen molar-refractivity contribution in [3.8, 4) is 5.75 Å². The summed E-state index contributed by atoms with van der Waals surface area (Å²) in [4.78, 5) is 26.9. The van der Waals surface area contributed by atoms with E-state index in [2.05, 4.69) is 36.9 Å². The van der Waals surface area contributed by atoms with Gasteiger partial charge in [0.25, 0.3) is 0 Å². The van der Waals surface area contributed by atoms with Gasteiger partial charge in [0.2, 0.25) is 0 Å². The third-order valence-electron chi connectivity index (χ3n) is 6.95. The zero-order valence-corrected chi connectivity index (χ0v) is 21.0. The molecule has 3 atom stereocenters. The van der Waals surface area contributed by atoms with Gasteiger partial charge in [-0.2, -0.15) is 0 Å². The number of ether oxygens (including phenoxy) is 2. The van der Waals surface area contributed by atoms with Crippen LogP contribution in [-0.4, -0.2) is 54.3 Å². The highest BCUT2D eigenvalue weighted by Crippen LogP contribution is 2.31. The molecular formula is C29H39NO5. The summed E-state index contributed by atoms with van der Waals surface area (Å²) in [6.45, 7) is 6.59. The molecule has 2 aromatic rings. The number of aryl methyl sites for hydroxylation is 2. The predicted octanol–water partition coefficient (Wildman–Crippen LogP) is 5.00. The molecule has 0 spiro atoms. The van der Waals surface area contributed by atoms with Crippen LogP contribution in [0.1, 0.15) is 50.7 Å². The standard InChI is InChI=1S/C29H39NO5/c1-3-30(4-2)20-24(35-29(33)26-16-10-9-15-25(26)28(31)32)21-34-27-17-11-8-14-23(27)19-18-22-12-6-5-7-13-22/h5-8,11-14,17,24-26H,3-4,9-10,15-16,18-21H2,1-2H3,(H,31,32). The molecule has 190 valence electrons. The van der Waals surface area contributed by atoms with Crippen LogP contribution in [0.25, 0.3) is 0 Å². The maximum Gasteiger partial charge on any atom is 0.310 e. The largest absolute Gasteiger partial charge is 0.489 e. The number of esters is 1. The van der Waals surface area contributed by atoms with Gasteiger partial charge in [0, 0.05) is 6.54 Å². The highest BCUT2D eigenvalue weighted by atomic mass is 16.6. The Balaban J connectivity index is 1.67. The van der Waals surface area contributed by atoms with E-state index in [0.717, 1.165) is 50.1 Å². The molecule has 1 N–H and O–H groups in total. The monoisotopic (exact) mass is 481 g/mol. The molecule has 35 heavy (non-hydrogen) atoms. The van der Waals surface area contributed by atoms with Crippen LogP contribution >= 0.6 is 0 Å². The minimum atomic E-state index is -0.907. The van der Waals surface area contributed by atoms with E-state index in [9.17, 15) is 14.7 Å². The van der Waals surface area contributed by atoms with Crippen LogP contribution in [0.2, 0.25) is 0 Å². The van der Waals surface area contributed by atoms with Crippen LogP contribution in [0, 0.1) is 11.8 Å². The number of para-hydroxylation sites is 1. The number of carbonyl (C=O) groups is 2. The molecule has 0 bridgehead atoms. The van der Waals surface area contributed by atoms with E-state index in [1.807, 2.05) is 36.4 Å². The van der Waals surface area contributed by atoms with E-state index in [0.29, 0.717) is 19.4 Å². The van der Waals surface area contributed by atoms with Crippen molar-refractivity contribution in [1.29, 1.82) is 0 Å². The average molecular weight is 482 g/mol. The van der Waals surface area contributed by atoms with Crippen LogP contribution in [0.15, 0.2) is 54.6 Å². The zero-order chi connectivity index (χ0) is 25.0. The van der Waals surface area contributed by atoms with Crippen molar-refractivity contribution in [1.82, 2.24) is 4.90 Å². The van der Waals surface area contributed by atoms with Crippen molar-refractivity contribution < 1.29 is 24.2 Å². The second-order valence-electron chi connectivity index (χ2n) is 9.28. The van der Waals surface area contributed by atoms with Crippen LogP contribution in [0.4, 0.5) is 0 Å². The number of carbonyl (C=O) groups excluding carboxylic acids is 1. The van der Waals surface area contributed by atoms with Gasteiger partial charge in [-0.1, -0.05) is 75.2 Å². The van der Waals surface area contributed by atoms with Crippen molar-refractivity contribution in [3.63, 3.8) is 0 Å². The fourth-order valence-corrected chi connectivity index (χ4v) is 4.81. The van der Waals surface area contributed by atoms with Gasteiger partial charge in [0.1, 0.15) is 18.5 Å². The summed E-state index contributed by atoms with van der Waals surface area (Å²) in [6, 6.07) is 18.3. The molecule has 0 aliphatic heterocycles. The first-order valence-electron chi connectivity index (χ1n) is 12.9. The molecule has 1 aliphatic carbocycles. The second kappa shape index (κ2) is 13.9. The lowest BCUT2D eigenvalue weighted by Gasteiger charge is -2.30. The fraction of sp³-hybridized carbons (Fsp3) is 0.517. The van der Waals surface area contributed by atoms with E-state index in [1.165, 1.54) is 5.56 Å². The number of likely N-dealkylation sites (N-methyl/N-ethyl adjacent to an activating group) is 1. The maximum absolute atomic E-state index is 13.1. The highest BCUT2D eigenvalue weighted by molar-refractivity contribution is 5.81. The molecule has 3 unspecified atom stereocenters. The van der Waals surface area contributed by atoms with E-state index in [1.54, 1.807) is 0 Å². The molecule has 2 aromatic carbocycles. The minimum absolute atomic E-state index is 0.231. The molecule has 0 heterocycles. The maximum atomic E-state index is 13.1. The summed E-state index contributed by atoms with van der Waals surface area (Å²) in [5.74, 6) is -1.76. The molecule has 0 radical (unpaired) electrons. The van der Waals surface area contributed by atoms with Crippen LogP contribution in [0.3, 0.4) is 0 Å². The summed E-state index contributed by atoms with van der Waals surface area (Å²) in [5.41, 5.74) is 2.39. The average Bonchev–Trinajstić information content (AvgIpc) is 2.89. The van der Waals surface area contributed by atoms with Gasteiger partial charge in [-0.3, -0.25) is 9.59 Å².